The van der Waals surface area contributed by atoms with Crippen molar-refractivity contribution in [1.82, 2.24) is 14.9 Å². The Morgan fingerprint density at radius 2 is 2.25 bits per heavy atom. The number of amidine groups is 1. The van der Waals surface area contributed by atoms with Crippen molar-refractivity contribution in [2.45, 2.75) is 12.8 Å². The summed E-state index contributed by atoms with van der Waals surface area (Å²) in [6.45, 7) is 2.00. The average Bonchev–Trinajstić information content (AvgIpc) is 2.77. The van der Waals surface area contributed by atoms with Crippen LogP contribution in [0.25, 0.3) is 0 Å². The average molecular weight is 164 g/mol. The second kappa shape index (κ2) is 2.97. The molecule has 0 aromatic carbocycles. The number of likely N-dealkylation sites (tertiary alicyclic amines) is 1. The van der Waals surface area contributed by atoms with Crippen molar-refractivity contribution in [2.75, 3.05) is 13.1 Å². The maximum Gasteiger partial charge on any atom is 0.172 e. The summed E-state index contributed by atoms with van der Waals surface area (Å²) in [7, 11) is 0. The van der Waals surface area contributed by atoms with Gasteiger partial charge in [0.15, 0.2) is 11.7 Å². The molecule has 1 aliphatic rings. The van der Waals surface area contributed by atoms with E-state index in [1.807, 2.05) is 0 Å². The molecule has 0 spiro atoms. The molecule has 4 nitrogen and oxygen atoms in total. The molecule has 2 N–H and O–H groups in total. The van der Waals surface area contributed by atoms with Gasteiger partial charge in [-0.1, -0.05) is 0 Å². The maximum absolute atomic E-state index is 7.78. The van der Waals surface area contributed by atoms with Crippen LogP contribution in [-0.4, -0.2) is 33.8 Å². The zero-order valence-corrected chi connectivity index (χ0v) is 6.88. The molecule has 0 radical (unpaired) electrons. The largest absolute Gasteiger partial charge is 0.354 e. The molecule has 0 unspecified atom stereocenters. The van der Waals surface area contributed by atoms with Gasteiger partial charge in [0.25, 0.3) is 0 Å². The van der Waals surface area contributed by atoms with E-state index in [9.17, 15) is 0 Å². The zero-order chi connectivity index (χ0) is 8.39. The minimum absolute atomic E-state index is 0.525. The number of hydrogen-bond acceptors (Lipinski definition) is 2. The van der Waals surface area contributed by atoms with E-state index in [4.69, 9.17) is 5.41 Å². The van der Waals surface area contributed by atoms with E-state index < -0.39 is 0 Å². The van der Waals surface area contributed by atoms with Crippen LogP contribution in [0.1, 0.15) is 18.7 Å². The van der Waals surface area contributed by atoms with Crippen LogP contribution in [0.3, 0.4) is 0 Å². The van der Waals surface area contributed by atoms with Gasteiger partial charge in [0, 0.05) is 25.5 Å². The van der Waals surface area contributed by atoms with Crippen molar-refractivity contribution in [1.29, 1.82) is 5.41 Å². The topological polar surface area (TPSA) is 55.8 Å². The highest BCUT2D eigenvalue weighted by Gasteiger charge is 2.17. The molecule has 1 aromatic rings. The summed E-state index contributed by atoms with van der Waals surface area (Å²) in [6, 6.07) is 0. The number of nitrogens with zero attached hydrogens (tertiary/aromatic N) is 2. The molecule has 4 heteroatoms. The Bertz CT molecular complexity index is 259. The van der Waals surface area contributed by atoms with E-state index in [0.29, 0.717) is 11.7 Å². The Hall–Kier alpha value is -1.32. The molecule has 0 bridgehead atoms. The van der Waals surface area contributed by atoms with Gasteiger partial charge in [-0.25, -0.2) is 4.98 Å². The lowest BCUT2D eigenvalue weighted by atomic mass is 10.4. The fraction of sp³-hybridized carbons (Fsp3) is 0.500. The van der Waals surface area contributed by atoms with Gasteiger partial charge in [0.1, 0.15) is 0 Å². The highest BCUT2D eigenvalue weighted by atomic mass is 15.2. The first-order valence-corrected chi connectivity index (χ1v) is 4.21. The van der Waals surface area contributed by atoms with Gasteiger partial charge in [-0.2, -0.15) is 0 Å². The van der Waals surface area contributed by atoms with Gasteiger partial charge in [0.05, 0.1) is 0 Å². The normalized spacial score (nSPS) is 16.8. The third-order valence-corrected chi connectivity index (χ3v) is 2.14. The second-order valence-electron chi connectivity index (χ2n) is 2.98. The van der Waals surface area contributed by atoms with Gasteiger partial charge in [0.2, 0.25) is 0 Å². The fourth-order valence-corrected chi connectivity index (χ4v) is 1.49. The van der Waals surface area contributed by atoms with Crippen LogP contribution in [-0.2, 0) is 0 Å². The van der Waals surface area contributed by atoms with E-state index in [1.54, 1.807) is 12.4 Å². The lowest BCUT2D eigenvalue weighted by molar-refractivity contribution is 0.514. The zero-order valence-electron chi connectivity index (χ0n) is 6.88. The van der Waals surface area contributed by atoms with Gasteiger partial charge in [-0.3, -0.25) is 5.41 Å². The predicted octanol–water partition coefficient (Wildman–Crippen LogP) is 0.831. The van der Waals surface area contributed by atoms with Crippen molar-refractivity contribution >= 4 is 5.84 Å². The van der Waals surface area contributed by atoms with Crippen molar-refractivity contribution in [3.8, 4) is 0 Å². The molecule has 2 rings (SSSR count). The maximum atomic E-state index is 7.78. The molecule has 12 heavy (non-hydrogen) atoms. The first-order valence-electron chi connectivity index (χ1n) is 4.21. The molecule has 1 fully saturated rings. The van der Waals surface area contributed by atoms with Crippen molar-refractivity contribution in [3.05, 3.63) is 18.2 Å². The predicted molar refractivity (Wildman–Crippen MR) is 46.2 cm³/mol. The standard InChI is InChI=1S/C8H12N4/c9-7(8-10-3-4-11-8)12-5-1-2-6-12/h3-4,9H,1-2,5-6H2,(H,10,11). The third-order valence-electron chi connectivity index (χ3n) is 2.14. The third kappa shape index (κ3) is 1.20. The lowest BCUT2D eigenvalue weighted by Gasteiger charge is -2.15. The minimum atomic E-state index is 0.525. The summed E-state index contributed by atoms with van der Waals surface area (Å²) >= 11 is 0. The van der Waals surface area contributed by atoms with Crippen molar-refractivity contribution < 1.29 is 0 Å². The molecule has 2 heterocycles. The summed E-state index contributed by atoms with van der Waals surface area (Å²) in [5, 5.41) is 7.78. The molecule has 64 valence electrons. The van der Waals surface area contributed by atoms with Crippen LogP contribution >= 0.6 is 0 Å². The molecular weight excluding hydrogens is 152 g/mol. The smallest absolute Gasteiger partial charge is 0.172 e. The van der Waals surface area contributed by atoms with E-state index in [2.05, 4.69) is 14.9 Å². The van der Waals surface area contributed by atoms with Crippen LogP contribution in [0.5, 0.6) is 0 Å². The summed E-state index contributed by atoms with van der Waals surface area (Å²) in [4.78, 5) is 9.03. The highest BCUT2D eigenvalue weighted by molar-refractivity contribution is 5.92. The monoisotopic (exact) mass is 164 g/mol. The van der Waals surface area contributed by atoms with E-state index in [1.165, 1.54) is 12.8 Å². The van der Waals surface area contributed by atoms with Crippen molar-refractivity contribution in [2.24, 2.45) is 0 Å². The fourth-order valence-electron chi connectivity index (χ4n) is 1.49. The van der Waals surface area contributed by atoms with Gasteiger partial charge >= 0.3 is 0 Å². The SMILES string of the molecule is N=C(c1ncc[nH]1)N1CCCC1. The number of aromatic amines is 1. The van der Waals surface area contributed by atoms with Crippen molar-refractivity contribution in [3.63, 3.8) is 0 Å². The Balaban J connectivity index is 2.09. The number of aromatic nitrogens is 2. The Labute approximate surface area is 71.1 Å². The Morgan fingerprint density at radius 1 is 1.50 bits per heavy atom. The van der Waals surface area contributed by atoms with Crippen LogP contribution in [0, 0.1) is 5.41 Å². The lowest BCUT2D eigenvalue weighted by Crippen LogP contribution is -2.28. The summed E-state index contributed by atoms with van der Waals surface area (Å²) in [6.07, 6.45) is 5.83. The highest BCUT2D eigenvalue weighted by Crippen LogP contribution is 2.09. The molecule has 0 saturated carbocycles. The van der Waals surface area contributed by atoms with Gasteiger partial charge in [-0.15, -0.1) is 0 Å². The molecule has 1 saturated heterocycles. The molecule has 1 aliphatic heterocycles. The van der Waals surface area contributed by atoms with Crippen LogP contribution < -0.4 is 0 Å². The molecule has 0 aliphatic carbocycles. The number of imidazole rings is 1. The number of rotatable bonds is 1. The summed E-state index contributed by atoms with van der Waals surface area (Å²) in [5.74, 6) is 1.20. The Kier molecular flexibility index (Phi) is 1.81. The number of H-pyrrole nitrogens is 1. The van der Waals surface area contributed by atoms with Crippen LogP contribution in [0.15, 0.2) is 12.4 Å². The van der Waals surface area contributed by atoms with E-state index in [-0.39, 0.29) is 0 Å². The summed E-state index contributed by atoms with van der Waals surface area (Å²) in [5.41, 5.74) is 0. The molecule has 0 atom stereocenters. The van der Waals surface area contributed by atoms with Crippen LogP contribution in [0.4, 0.5) is 0 Å². The first kappa shape index (κ1) is 7.34. The van der Waals surface area contributed by atoms with Crippen LogP contribution in [0.2, 0.25) is 0 Å². The molecular formula is C8H12N4. The Morgan fingerprint density at radius 3 is 2.83 bits per heavy atom. The second-order valence-corrected chi connectivity index (χ2v) is 2.98. The molecule has 1 aromatic heterocycles. The molecule has 0 amide bonds. The minimum Gasteiger partial charge on any atom is -0.354 e. The van der Waals surface area contributed by atoms with E-state index in [0.717, 1.165) is 13.1 Å². The van der Waals surface area contributed by atoms with Gasteiger partial charge in [-0.05, 0) is 12.8 Å². The number of hydrogen-bond donors (Lipinski definition) is 2. The first-order chi connectivity index (χ1) is 5.88. The number of nitrogens with one attached hydrogen (secondary N) is 2. The quantitative estimate of drug-likeness (QED) is 0.477. The van der Waals surface area contributed by atoms with E-state index >= 15 is 0 Å². The summed E-state index contributed by atoms with van der Waals surface area (Å²) < 4.78 is 0. The van der Waals surface area contributed by atoms with Gasteiger partial charge < -0.3 is 9.88 Å².